The molecule has 0 bridgehead atoms. The highest BCUT2D eigenvalue weighted by atomic mass is 15.3. The Kier molecular flexibility index (Phi) is 3.45. The first-order valence-corrected chi connectivity index (χ1v) is 7.84. The van der Waals surface area contributed by atoms with Crippen LogP contribution in [-0.2, 0) is 0 Å². The van der Waals surface area contributed by atoms with Gasteiger partial charge in [0.05, 0.1) is 0 Å². The van der Waals surface area contributed by atoms with Gasteiger partial charge in [-0.3, -0.25) is 4.90 Å². The molecule has 2 saturated carbocycles. The van der Waals surface area contributed by atoms with Gasteiger partial charge >= 0.3 is 0 Å². The number of hydrogen-bond acceptors (Lipinski definition) is 2. The van der Waals surface area contributed by atoms with Crippen LogP contribution in [0.25, 0.3) is 0 Å². The molecule has 1 heterocycles. The third-order valence-corrected chi connectivity index (χ3v) is 5.54. The average molecular weight is 236 g/mol. The molecule has 1 saturated heterocycles. The third kappa shape index (κ3) is 2.15. The standard InChI is InChI=1S/C15H28N2/c1-2-13-11-17(14-7-3-4-8-14)15(12-16-13)9-5-6-10-15/h13-14,16H,2-12H2,1H3. The largest absolute Gasteiger partial charge is 0.311 e. The summed E-state index contributed by atoms with van der Waals surface area (Å²) in [7, 11) is 0. The highest BCUT2D eigenvalue weighted by Gasteiger charge is 2.46. The fourth-order valence-corrected chi connectivity index (χ4v) is 4.45. The van der Waals surface area contributed by atoms with Crippen LogP contribution in [0.1, 0.15) is 64.7 Å². The van der Waals surface area contributed by atoms with E-state index in [9.17, 15) is 0 Å². The van der Waals surface area contributed by atoms with Crippen molar-refractivity contribution >= 4 is 0 Å². The molecule has 1 atom stereocenters. The van der Waals surface area contributed by atoms with Crippen LogP contribution in [0.15, 0.2) is 0 Å². The van der Waals surface area contributed by atoms with Crippen molar-refractivity contribution < 1.29 is 0 Å². The Labute approximate surface area is 106 Å². The van der Waals surface area contributed by atoms with Crippen molar-refractivity contribution in [3.8, 4) is 0 Å². The van der Waals surface area contributed by atoms with Crippen molar-refractivity contribution in [2.75, 3.05) is 13.1 Å². The van der Waals surface area contributed by atoms with Crippen molar-refractivity contribution in [2.24, 2.45) is 0 Å². The second-order valence-electron chi connectivity index (χ2n) is 6.51. The Morgan fingerprint density at radius 2 is 1.82 bits per heavy atom. The molecule has 1 N–H and O–H groups in total. The summed E-state index contributed by atoms with van der Waals surface area (Å²) >= 11 is 0. The van der Waals surface area contributed by atoms with Gasteiger partial charge in [-0.05, 0) is 32.1 Å². The molecule has 17 heavy (non-hydrogen) atoms. The Hall–Kier alpha value is -0.0800. The fourth-order valence-electron chi connectivity index (χ4n) is 4.45. The molecule has 1 spiro atoms. The normalized spacial score (nSPS) is 34.8. The van der Waals surface area contributed by atoms with Crippen molar-refractivity contribution in [3.63, 3.8) is 0 Å². The zero-order chi connectivity index (χ0) is 11.7. The molecule has 2 heteroatoms. The zero-order valence-electron chi connectivity index (χ0n) is 11.4. The number of nitrogens with one attached hydrogen (secondary N) is 1. The maximum Gasteiger partial charge on any atom is 0.0337 e. The first-order valence-electron chi connectivity index (χ1n) is 7.84. The molecule has 3 fully saturated rings. The minimum absolute atomic E-state index is 0.556. The summed E-state index contributed by atoms with van der Waals surface area (Å²) in [4.78, 5) is 2.96. The maximum absolute atomic E-state index is 3.81. The van der Waals surface area contributed by atoms with E-state index in [0.29, 0.717) is 5.54 Å². The van der Waals surface area contributed by atoms with Gasteiger partial charge in [0, 0.05) is 30.7 Å². The third-order valence-electron chi connectivity index (χ3n) is 5.54. The summed E-state index contributed by atoms with van der Waals surface area (Å²) in [5.74, 6) is 0. The van der Waals surface area contributed by atoms with Gasteiger partial charge < -0.3 is 5.32 Å². The topological polar surface area (TPSA) is 15.3 Å². The van der Waals surface area contributed by atoms with Crippen LogP contribution in [0, 0.1) is 0 Å². The Bertz CT molecular complexity index is 252. The van der Waals surface area contributed by atoms with Crippen LogP contribution in [0.5, 0.6) is 0 Å². The van der Waals surface area contributed by atoms with E-state index in [1.54, 1.807) is 0 Å². The van der Waals surface area contributed by atoms with Gasteiger partial charge in [0.2, 0.25) is 0 Å². The Morgan fingerprint density at radius 1 is 1.12 bits per heavy atom. The molecule has 2 nitrogen and oxygen atoms in total. The van der Waals surface area contributed by atoms with E-state index in [-0.39, 0.29) is 0 Å². The molecule has 3 rings (SSSR count). The highest BCUT2D eigenvalue weighted by molar-refractivity contribution is 5.04. The van der Waals surface area contributed by atoms with E-state index in [2.05, 4.69) is 17.1 Å². The maximum atomic E-state index is 3.81. The SMILES string of the molecule is CCC1CN(C2CCCC2)C2(CCCC2)CN1. The van der Waals surface area contributed by atoms with E-state index in [4.69, 9.17) is 0 Å². The zero-order valence-corrected chi connectivity index (χ0v) is 11.4. The molecular formula is C15H28N2. The van der Waals surface area contributed by atoms with E-state index in [0.717, 1.165) is 12.1 Å². The molecule has 98 valence electrons. The lowest BCUT2D eigenvalue weighted by Crippen LogP contribution is -2.65. The molecule has 0 aromatic carbocycles. The predicted molar refractivity (Wildman–Crippen MR) is 72.2 cm³/mol. The first-order chi connectivity index (χ1) is 8.34. The number of hydrogen-bond donors (Lipinski definition) is 1. The van der Waals surface area contributed by atoms with Gasteiger partial charge in [0.1, 0.15) is 0 Å². The minimum atomic E-state index is 0.556. The lowest BCUT2D eigenvalue weighted by atomic mass is 9.88. The fraction of sp³-hybridized carbons (Fsp3) is 1.00. The summed E-state index contributed by atoms with van der Waals surface area (Å²) in [5.41, 5.74) is 0.556. The first kappa shape index (κ1) is 12.0. The molecule has 0 aromatic rings. The quantitative estimate of drug-likeness (QED) is 0.793. The van der Waals surface area contributed by atoms with Crippen molar-refractivity contribution in [1.29, 1.82) is 0 Å². The molecule has 0 amide bonds. The average Bonchev–Trinajstić information content (AvgIpc) is 3.02. The Morgan fingerprint density at radius 3 is 2.47 bits per heavy atom. The molecule has 0 aromatic heterocycles. The van der Waals surface area contributed by atoms with Gasteiger partial charge in [-0.1, -0.05) is 32.6 Å². The highest BCUT2D eigenvalue weighted by Crippen LogP contribution is 2.41. The lowest BCUT2D eigenvalue weighted by Gasteiger charge is -2.51. The molecule has 1 aliphatic heterocycles. The summed E-state index contributed by atoms with van der Waals surface area (Å²) in [6.07, 6.45) is 13.0. The molecule has 2 aliphatic carbocycles. The summed E-state index contributed by atoms with van der Waals surface area (Å²) in [5, 5.41) is 3.81. The summed E-state index contributed by atoms with van der Waals surface area (Å²) in [6, 6.07) is 1.67. The second-order valence-corrected chi connectivity index (χ2v) is 6.51. The van der Waals surface area contributed by atoms with Crippen LogP contribution < -0.4 is 5.32 Å². The monoisotopic (exact) mass is 236 g/mol. The molecule has 0 radical (unpaired) electrons. The van der Waals surface area contributed by atoms with Crippen molar-refractivity contribution in [2.45, 2.75) is 82.3 Å². The van der Waals surface area contributed by atoms with Gasteiger partial charge in [-0.25, -0.2) is 0 Å². The minimum Gasteiger partial charge on any atom is -0.311 e. The smallest absolute Gasteiger partial charge is 0.0337 e. The Balaban J connectivity index is 1.77. The van der Waals surface area contributed by atoms with Gasteiger partial charge in [0.15, 0.2) is 0 Å². The molecule has 1 unspecified atom stereocenters. The van der Waals surface area contributed by atoms with Crippen molar-refractivity contribution in [3.05, 3.63) is 0 Å². The lowest BCUT2D eigenvalue weighted by molar-refractivity contribution is 0.00626. The number of rotatable bonds is 2. The summed E-state index contributed by atoms with van der Waals surface area (Å²) in [6.45, 7) is 4.92. The van der Waals surface area contributed by atoms with Gasteiger partial charge in [0.25, 0.3) is 0 Å². The predicted octanol–water partition coefficient (Wildman–Crippen LogP) is 2.93. The molecule has 3 aliphatic rings. The van der Waals surface area contributed by atoms with Crippen LogP contribution in [0.2, 0.25) is 0 Å². The van der Waals surface area contributed by atoms with Crippen molar-refractivity contribution in [1.82, 2.24) is 10.2 Å². The van der Waals surface area contributed by atoms with E-state index in [1.165, 1.54) is 70.9 Å². The number of piperazine rings is 1. The van der Waals surface area contributed by atoms with Crippen LogP contribution in [0.3, 0.4) is 0 Å². The van der Waals surface area contributed by atoms with E-state index >= 15 is 0 Å². The van der Waals surface area contributed by atoms with E-state index < -0.39 is 0 Å². The molecular weight excluding hydrogens is 208 g/mol. The van der Waals surface area contributed by atoms with Gasteiger partial charge in [-0.15, -0.1) is 0 Å². The van der Waals surface area contributed by atoms with Gasteiger partial charge in [-0.2, -0.15) is 0 Å². The van der Waals surface area contributed by atoms with Crippen LogP contribution >= 0.6 is 0 Å². The van der Waals surface area contributed by atoms with Crippen LogP contribution in [0.4, 0.5) is 0 Å². The summed E-state index contributed by atoms with van der Waals surface area (Å²) < 4.78 is 0. The van der Waals surface area contributed by atoms with Crippen LogP contribution in [-0.4, -0.2) is 35.6 Å². The van der Waals surface area contributed by atoms with E-state index in [1.807, 2.05) is 0 Å². The second kappa shape index (κ2) is 4.89. The number of nitrogens with zero attached hydrogens (tertiary/aromatic N) is 1.